The normalized spacial score (nSPS) is 16.1. The van der Waals surface area contributed by atoms with Crippen molar-refractivity contribution < 1.29 is 19.0 Å². The largest absolute Gasteiger partial charge is 0.465 e. The second kappa shape index (κ2) is 6.89. The van der Waals surface area contributed by atoms with Gasteiger partial charge in [-0.25, -0.2) is 9.18 Å². The van der Waals surface area contributed by atoms with Crippen molar-refractivity contribution in [2.45, 2.75) is 26.2 Å². The molecule has 1 aromatic rings. The van der Waals surface area contributed by atoms with E-state index in [9.17, 15) is 9.18 Å². The van der Waals surface area contributed by atoms with Crippen LogP contribution < -0.4 is 4.90 Å². The van der Waals surface area contributed by atoms with E-state index in [0.717, 1.165) is 37.9 Å². The lowest BCUT2D eigenvalue weighted by Gasteiger charge is -2.34. The summed E-state index contributed by atoms with van der Waals surface area (Å²) in [4.78, 5) is 13.6. The minimum atomic E-state index is -0.514. The number of halogens is 1. The molecule has 0 bridgehead atoms. The third-order valence-electron chi connectivity index (χ3n) is 4.19. The highest BCUT2D eigenvalue weighted by atomic mass is 19.1. The molecule has 1 fully saturated rings. The van der Waals surface area contributed by atoms with Crippen molar-refractivity contribution in [3.8, 4) is 0 Å². The first kappa shape index (κ1) is 15.8. The quantitative estimate of drug-likeness (QED) is 0.867. The first-order chi connectivity index (χ1) is 10.1. The predicted octanol–water partition coefficient (Wildman–Crippen LogP) is 2.52. The molecule has 4 nitrogen and oxygen atoms in total. The van der Waals surface area contributed by atoms with Gasteiger partial charge in [0.15, 0.2) is 0 Å². The van der Waals surface area contributed by atoms with Crippen LogP contribution in [0.3, 0.4) is 0 Å². The monoisotopic (exact) mass is 295 g/mol. The molecule has 0 atom stereocenters. The van der Waals surface area contributed by atoms with Crippen molar-refractivity contribution in [2.24, 2.45) is 5.92 Å². The van der Waals surface area contributed by atoms with E-state index in [2.05, 4.69) is 4.74 Å². The number of aryl methyl sites for hydroxylation is 1. The molecule has 0 amide bonds. The summed E-state index contributed by atoms with van der Waals surface area (Å²) in [6, 6.07) is 2.98. The lowest BCUT2D eigenvalue weighted by Crippen LogP contribution is -2.34. The molecule has 0 saturated carbocycles. The zero-order valence-electron chi connectivity index (χ0n) is 12.6. The van der Waals surface area contributed by atoms with Crippen LogP contribution in [0.25, 0.3) is 0 Å². The molecular weight excluding hydrogens is 273 g/mol. The van der Waals surface area contributed by atoms with Gasteiger partial charge in [0.05, 0.1) is 18.4 Å². The number of carbonyl (C=O) groups excluding carboxylic acids is 1. The van der Waals surface area contributed by atoms with E-state index in [1.807, 2.05) is 4.90 Å². The van der Waals surface area contributed by atoms with Gasteiger partial charge in [0.1, 0.15) is 5.82 Å². The molecule has 1 saturated heterocycles. The second-order valence-electron chi connectivity index (χ2n) is 5.55. The Bertz CT molecular complexity index is 510. The van der Waals surface area contributed by atoms with Crippen LogP contribution in [0.15, 0.2) is 12.1 Å². The van der Waals surface area contributed by atoms with Gasteiger partial charge in [-0.15, -0.1) is 0 Å². The average Bonchev–Trinajstić information content (AvgIpc) is 2.49. The van der Waals surface area contributed by atoms with Gasteiger partial charge >= 0.3 is 5.97 Å². The fraction of sp³-hybridized carbons (Fsp3) is 0.562. The Morgan fingerprint density at radius 3 is 2.67 bits per heavy atom. The summed E-state index contributed by atoms with van der Waals surface area (Å²) in [5.41, 5.74) is 1.53. The minimum absolute atomic E-state index is 0.214. The summed E-state index contributed by atoms with van der Waals surface area (Å²) in [7, 11) is 1.29. The number of carbonyl (C=O) groups is 1. The number of methoxy groups -OCH3 is 1. The Morgan fingerprint density at radius 2 is 2.10 bits per heavy atom. The number of hydrogen-bond acceptors (Lipinski definition) is 4. The van der Waals surface area contributed by atoms with Crippen molar-refractivity contribution in [3.63, 3.8) is 0 Å². The SMILES string of the molecule is COC(=O)c1cc(F)c(N2CCC(CCO)CC2)cc1C. The van der Waals surface area contributed by atoms with E-state index in [-0.39, 0.29) is 18.0 Å². The number of hydrogen-bond donors (Lipinski definition) is 1. The molecule has 1 aromatic carbocycles. The third-order valence-corrected chi connectivity index (χ3v) is 4.19. The maximum Gasteiger partial charge on any atom is 0.338 e. The van der Waals surface area contributed by atoms with E-state index in [1.165, 1.54) is 13.2 Å². The molecule has 0 aliphatic carbocycles. The Hall–Kier alpha value is -1.62. The van der Waals surface area contributed by atoms with Gasteiger partial charge in [0.25, 0.3) is 0 Å². The number of anilines is 1. The Balaban J connectivity index is 2.15. The highest BCUT2D eigenvalue weighted by Crippen LogP contribution is 2.29. The molecule has 1 heterocycles. The number of benzene rings is 1. The van der Waals surface area contributed by atoms with Gasteiger partial charge in [-0.1, -0.05) is 0 Å². The summed E-state index contributed by atoms with van der Waals surface area (Å²) < 4.78 is 18.9. The standard InChI is InChI=1S/C16H22FNO3/c1-11-9-15(14(17)10-13(11)16(20)21-2)18-6-3-12(4-7-18)5-8-19/h9-10,12,19H,3-8H2,1-2H3. The summed E-state index contributed by atoms with van der Waals surface area (Å²) in [5.74, 6) is -0.383. The van der Waals surface area contributed by atoms with Gasteiger partial charge in [-0.3, -0.25) is 0 Å². The van der Waals surface area contributed by atoms with Crippen LogP contribution in [0, 0.1) is 18.7 Å². The Morgan fingerprint density at radius 1 is 1.43 bits per heavy atom. The molecule has 0 aromatic heterocycles. The smallest absolute Gasteiger partial charge is 0.338 e. The van der Waals surface area contributed by atoms with Crippen molar-refractivity contribution in [3.05, 3.63) is 29.1 Å². The van der Waals surface area contributed by atoms with E-state index in [1.54, 1.807) is 13.0 Å². The van der Waals surface area contributed by atoms with Crippen molar-refractivity contribution in [1.29, 1.82) is 0 Å². The van der Waals surface area contributed by atoms with Crippen LogP contribution in [0.1, 0.15) is 35.2 Å². The molecule has 0 spiro atoms. The summed E-state index contributed by atoms with van der Waals surface area (Å²) in [5, 5.41) is 8.97. The Labute approximate surface area is 124 Å². The van der Waals surface area contributed by atoms with E-state index in [4.69, 9.17) is 5.11 Å². The zero-order chi connectivity index (χ0) is 15.4. The zero-order valence-corrected chi connectivity index (χ0v) is 12.6. The molecule has 2 rings (SSSR count). The highest BCUT2D eigenvalue weighted by Gasteiger charge is 2.22. The molecule has 5 heteroatoms. The van der Waals surface area contributed by atoms with Crippen molar-refractivity contribution in [2.75, 3.05) is 31.7 Å². The summed E-state index contributed by atoms with van der Waals surface area (Å²) >= 11 is 0. The van der Waals surface area contributed by atoms with Gasteiger partial charge in [0.2, 0.25) is 0 Å². The average molecular weight is 295 g/mol. The fourth-order valence-corrected chi connectivity index (χ4v) is 2.88. The van der Waals surface area contributed by atoms with Crippen LogP contribution in [0.5, 0.6) is 0 Å². The van der Waals surface area contributed by atoms with Crippen LogP contribution in [-0.4, -0.2) is 37.9 Å². The van der Waals surface area contributed by atoms with Crippen LogP contribution in [-0.2, 0) is 4.74 Å². The van der Waals surface area contributed by atoms with E-state index >= 15 is 0 Å². The number of rotatable bonds is 4. The number of ether oxygens (including phenoxy) is 1. The van der Waals surface area contributed by atoms with Gasteiger partial charge in [-0.05, 0) is 49.8 Å². The second-order valence-corrected chi connectivity index (χ2v) is 5.55. The molecule has 116 valence electrons. The Kier molecular flexibility index (Phi) is 5.17. The maximum absolute atomic E-state index is 14.3. The lowest BCUT2D eigenvalue weighted by atomic mass is 9.93. The molecule has 0 radical (unpaired) electrons. The first-order valence-electron chi connectivity index (χ1n) is 7.31. The molecule has 1 N–H and O–H groups in total. The van der Waals surface area contributed by atoms with Gasteiger partial charge in [0, 0.05) is 19.7 Å². The minimum Gasteiger partial charge on any atom is -0.465 e. The lowest BCUT2D eigenvalue weighted by molar-refractivity contribution is 0.0599. The number of piperidine rings is 1. The van der Waals surface area contributed by atoms with Crippen molar-refractivity contribution >= 4 is 11.7 Å². The van der Waals surface area contributed by atoms with Crippen LogP contribution in [0.4, 0.5) is 10.1 Å². The van der Waals surface area contributed by atoms with E-state index in [0.29, 0.717) is 11.6 Å². The molecule has 1 aliphatic heterocycles. The number of nitrogens with zero attached hydrogens (tertiary/aromatic N) is 1. The number of esters is 1. The topological polar surface area (TPSA) is 49.8 Å². The van der Waals surface area contributed by atoms with Crippen LogP contribution in [0.2, 0.25) is 0 Å². The predicted molar refractivity (Wildman–Crippen MR) is 79.1 cm³/mol. The first-order valence-corrected chi connectivity index (χ1v) is 7.31. The van der Waals surface area contributed by atoms with Gasteiger partial charge < -0.3 is 14.7 Å². The van der Waals surface area contributed by atoms with E-state index < -0.39 is 5.97 Å². The molecule has 21 heavy (non-hydrogen) atoms. The van der Waals surface area contributed by atoms with Crippen molar-refractivity contribution in [1.82, 2.24) is 0 Å². The molecule has 1 aliphatic rings. The van der Waals surface area contributed by atoms with Crippen LogP contribution >= 0.6 is 0 Å². The fourth-order valence-electron chi connectivity index (χ4n) is 2.88. The number of aliphatic hydroxyl groups is 1. The summed E-state index contributed by atoms with van der Waals surface area (Å²) in [6.07, 6.45) is 2.73. The maximum atomic E-state index is 14.3. The molecular formula is C16H22FNO3. The summed E-state index contributed by atoms with van der Waals surface area (Å²) in [6.45, 7) is 3.55. The third kappa shape index (κ3) is 3.53. The van der Waals surface area contributed by atoms with Gasteiger partial charge in [-0.2, -0.15) is 0 Å². The highest BCUT2D eigenvalue weighted by molar-refractivity contribution is 5.91. The molecule has 0 unspecified atom stereocenters. The number of aliphatic hydroxyl groups excluding tert-OH is 1.